The molecule has 0 atom stereocenters. The third-order valence-electron chi connectivity index (χ3n) is 1.72. The molecule has 106 valence electrons. The van der Waals surface area contributed by atoms with E-state index in [2.05, 4.69) is 8.92 Å². The molecule has 21 heavy (non-hydrogen) atoms. The number of ether oxygens (including phenoxy) is 1. The van der Waals surface area contributed by atoms with Crippen LogP contribution in [-0.2, 0) is 45.3 Å². The fourth-order valence-corrected chi connectivity index (χ4v) is 2.80. The quantitative estimate of drug-likeness (QED) is 0.452. The first-order valence-electron chi connectivity index (χ1n) is 4.68. The zero-order chi connectivity index (χ0) is 14.5. The van der Waals surface area contributed by atoms with Crippen molar-refractivity contribution in [3.05, 3.63) is 35.9 Å². The van der Waals surface area contributed by atoms with Crippen LogP contribution in [0.3, 0.4) is 0 Å². The minimum absolute atomic E-state index is 0. The van der Waals surface area contributed by atoms with Gasteiger partial charge in [0, 0.05) is 5.56 Å². The number of hydrogen-bond donors (Lipinski definition) is 0. The third-order valence-corrected chi connectivity index (χ3v) is 4.38. The first-order valence-corrected chi connectivity index (χ1v) is 8.85. The van der Waals surface area contributed by atoms with Crippen molar-refractivity contribution in [1.82, 2.24) is 0 Å². The van der Waals surface area contributed by atoms with E-state index in [-0.39, 0.29) is 59.1 Å². The Morgan fingerprint density at radius 3 is 1.95 bits per heavy atom. The summed E-state index contributed by atoms with van der Waals surface area (Å²) in [6.07, 6.45) is 4.10. The van der Waals surface area contributed by atoms with Crippen LogP contribution in [0.4, 0.5) is 0 Å². The maximum absolute atomic E-state index is 9.38. The molecule has 1 aromatic rings. The van der Waals surface area contributed by atoms with Crippen LogP contribution in [0.15, 0.2) is 30.3 Å². The van der Waals surface area contributed by atoms with Crippen LogP contribution in [0.1, 0.15) is 5.56 Å². The molecule has 0 aliphatic carbocycles. The molecule has 0 saturated carbocycles. The summed E-state index contributed by atoms with van der Waals surface area (Å²) in [4.78, 5) is 0. The summed E-state index contributed by atoms with van der Waals surface area (Å²) < 4.78 is 64.2. The van der Waals surface area contributed by atoms with Gasteiger partial charge in [-0.2, -0.15) is 0 Å². The van der Waals surface area contributed by atoms with Crippen LogP contribution in [0, 0.1) is 0 Å². The molecule has 0 amide bonds. The van der Waals surface area contributed by atoms with Crippen molar-refractivity contribution in [2.75, 3.05) is 6.61 Å². The van der Waals surface area contributed by atoms with Gasteiger partial charge in [0.15, 0.2) is 0 Å². The van der Waals surface area contributed by atoms with Gasteiger partial charge in [0.2, 0.25) is 0 Å². The van der Waals surface area contributed by atoms with Crippen molar-refractivity contribution in [1.29, 1.82) is 0 Å². The zero-order valence-corrected chi connectivity index (χ0v) is 17.8. The van der Waals surface area contributed by atoms with E-state index in [1.54, 1.807) is 0 Å². The summed E-state index contributed by atoms with van der Waals surface area (Å²) in [5, 5.41) is 0. The minimum atomic E-state index is -6.07. The van der Waals surface area contributed by atoms with E-state index >= 15 is 0 Å². The molecule has 0 bridgehead atoms. The van der Waals surface area contributed by atoms with Gasteiger partial charge < -0.3 is 4.74 Å². The Kier molecular flexibility index (Phi) is 12.2. The first-order chi connectivity index (χ1) is 8.67. The molecule has 0 fully saturated rings. The number of fused-ring (bicyclic) bond motifs is 1. The summed E-state index contributed by atoms with van der Waals surface area (Å²) in [6.45, 7) is 0.705. The van der Waals surface area contributed by atoms with E-state index in [1.807, 2.05) is 30.3 Å². The van der Waals surface area contributed by atoms with Gasteiger partial charge in [-0.3, -0.25) is 0 Å². The summed E-state index contributed by atoms with van der Waals surface area (Å²) >= 11 is -12.1. The second kappa shape index (κ2) is 10.6. The van der Waals surface area contributed by atoms with Crippen molar-refractivity contribution in [2.45, 2.75) is 0 Å². The normalized spacial score (nSPS) is 12.5. The average molecular weight is 394 g/mol. The molecule has 1 heterocycles. The van der Waals surface area contributed by atoms with E-state index < -0.39 is 27.2 Å². The van der Waals surface area contributed by atoms with E-state index in [0.29, 0.717) is 6.61 Å². The van der Waals surface area contributed by atoms with Crippen LogP contribution < -0.4 is 72.2 Å². The Morgan fingerprint density at radius 2 is 1.52 bits per heavy atom. The van der Waals surface area contributed by atoms with E-state index in [4.69, 9.17) is 4.74 Å². The predicted molar refractivity (Wildman–Crippen MR) is 44.8 cm³/mol. The van der Waals surface area contributed by atoms with Gasteiger partial charge in [-0.1, -0.05) is 24.3 Å². The van der Waals surface area contributed by atoms with Crippen molar-refractivity contribution in [3.8, 4) is 5.75 Å². The molecule has 0 aromatic heterocycles. The standard InChI is InChI=1S/C9H8O.2Cr.2Na.7O/c1-2-6-9-8(4-1)5-3-7-10-9;;;;;;;;;;;/h1-6H,7H2;;;;;;;;;;;/q;;;2*+1;;;;;;2*-1. The van der Waals surface area contributed by atoms with Crippen molar-refractivity contribution >= 4 is 6.08 Å². The monoisotopic (exact) mass is 394 g/mol. The van der Waals surface area contributed by atoms with E-state index in [9.17, 15) is 23.5 Å². The van der Waals surface area contributed by atoms with Crippen molar-refractivity contribution < 1.29 is 117 Å². The Labute approximate surface area is 169 Å². The van der Waals surface area contributed by atoms with Crippen molar-refractivity contribution in [3.63, 3.8) is 0 Å². The number of rotatable bonds is 2. The number of para-hydroxylation sites is 1. The zero-order valence-electron chi connectivity index (χ0n) is 11.3. The maximum atomic E-state index is 9.38. The average Bonchev–Trinajstić information content (AvgIpc) is 2.25. The van der Waals surface area contributed by atoms with Crippen LogP contribution >= 0.6 is 0 Å². The molecule has 1 aliphatic rings. The van der Waals surface area contributed by atoms with E-state index in [1.165, 1.54) is 5.56 Å². The summed E-state index contributed by atoms with van der Waals surface area (Å²) in [7, 11) is 0. The summed E-state index contributed by atoms with van der Waals surface area (Å²) in [6, 6.07) is 8.03. The number of benzene rings is 1. The molecule has 0 N–H and O–H groups in total. The molecule has 8 nitrogen and oxygen atoms in total. The van der Waals surface area contributed by atoms with Crippen molar-refractivity contribution in [2.24, 2.45) is 0 Å². The molecule has 0 saturated heterocycles. The third kappa shape index (κ3) is 12.0. The van der Waals surface area contributed by atoms with Crippen LogP contribution in [-0.4, -0.2) is 6.61 Å². The van der Waals surface area contributed by atoms with Gasteiger partial charge in [-0.15, -0.1) is 0 Å². The molecule has 2 rings (SSSR count). The predicted octanol–water partition coefficient (Wildman–Crippen LogP) is -6.83. The molecule has 1 aromatic carbocycles. The van der Waals surface area contributed by atoms with Gasteiger partial charge in [-0.05, 0) is 12.1 Å². The fourth-order valence-electron chi connectivity index (χ4n) is 1.16. The molecule has 12 heteroatoms. The second-order valence-electron chi connectivity index (χ2n) is 3.14. The Balaban J connectivity index is 0. The van der Waals surface area contributed by atoms with Crippen LogP contribution in [0.5, 0.6) is 5.75 Å². The van der Waals surface area contributed by atoms with Crippen LogP contribution in [0.25, 0.3) is 6.08 Å². The van der Waals surface area contributed by atoms with E-state index in [0.717, 1.165) is 5.75 Å². The Morgan fingerprint density at radius 1 is 1.00 bits per heavy atom. The fraction of sp³-hybridized carbons (Fsp3) is 0.111. The number of hydrogen-bond acceptors (Lipinski definition) is 8. The van der Waals surface area contributed by atoms with Gasteiger partial charge >= 0.3 is 113 Å². The summed E-state index contributed by atoms with van der Waals surface area (Å²) in [5.41, 5.74) is 1.17. The molecule has 0 spiro atoms. The second-order valence-corrected chi connectivity index (χ2v) is 6.77. The molecule has 0 unspecified atom stereocenters. The first kappa shape index (κ1) is 24.2. The molecular weight excluding hydrogens is 386 g/mol. The van der Waals surface area contributed by atoms with Crippen LogP contribution in [0.2, 0.25) is 0 Å². The van der Waals surface area contributed by atoms with Gasteiger partial charge in [0.05, 0.1) is 0 Å². The topological polar surface area (TPSA) is 133 Å². The Bertz CT molecular complexity index is 639. The molecule has 0 radical (unpaired) electrons. The summed E-state index contributed by atoms with van der Waals surface area (Å²) in [5.74, 6) is 0.991. The van der Waals surface area contributed by atoms with Gasteiger partial charge in [0.25, 0.3) is 0 Å². The molecular formula is C9H8Cr2Na2O8. The van der Waals surface area contributed by atoms with Gasteiger partial charge in [-0.25, -0.2) is 0 Å². The SMILES string of the molecule is C1=Cc2ccccc2OC1.[Na+].[Na+].[O]=[Cr](=[O])([O-])[O][Cr](=[O])(=[O])[O-]. The Hall–Kier alpha value is 0.905. The van der Waals surface area contributed by atoms with Gasteiger partial charge in [0.1, 0.15) is 12.4 Å². The molecule has 1 aliphatic heterocycles.